The van der Waals surface area contributed by atoms with Crippen molar-refractivity contribution in [2.75, 3.05) is 12.4 Å². The lowest BCUT2D eigenvalue weighted by molar-refractivity contribution is -0.121. The maximum absolute atomic E-state index is 12.4. The lowest BCUT2D eigenvalue weighted by atomic mass is 10.1. The van der Waals surface area contributed by atoms with Crippen LogP contribution in [0.3, 0.4) is 0 Å². The average Bonchev–Trinajstić information content (AvgIpc) is 2.76. The first-order valence-corrected chi connectivity index (χ1v) is 12.7. The lowest BCUT2D eigenvalue weighted by Gasteiger charge is -2.28. The lowest BCUT2D eigenvalue weighted by Crippen LogP contribution is -2.49. The minimum atomic E-state index is -1.81. The fraction of sp³-hybridized carbons (Fsp3) is 0.667. The summed E-state index contributed by atoms with van der Waals surface area (Å²) in [7, 11) is 1.29. The van der Waals surface area contributed by atoms with Crippen LogP contribution >= 0.6 is 34.8 Å². The summed E-state index contributed by atoms with van der Waals surface area (Å²) < 4.78 is 2.97. The number of esters is 1. The van der Waals surface area contributed by atoms with Crippen molar-refractivity contribution in [3.05, 3.63) is 29.8 Å². The largest absolute Gasteiger partial charge is 0.465 e. The Morgan fingerprint density at radius 2 is 1.44 bits per heavy atom. The Hall–Kier alpha value is -1.17. The maximum atomic E-state index is 12.4. The van der Waals surface area contributed by atoms with Gasteiger partial charge in [-0.2, -0.15) is 0 Å². The molecule has 1 amide bonds. The van der Waals surface area contributed by atoms with E-state index in [1.54, 1.807) is 24.3 Å². The van der Waals surface area contributed by atoms with Crippen LogP contribution in [0, 0.1) is 0 Å². The van der Waals surface area contributed by atoms with Crippen LogP contribution in [0.15, 0.2) is 24.3 Å². The van der Waals surface area contributed by atoms with E-state index in [-0.39, 0.29) is 11.5 Å². The SMILES string of the molecule is CCCCCCCCCCCCCC(=O)NC(Nc1ccccc1C(=O)OC)C(Cl)(Cl)Cl. The number of hydrogen-bond donors (Lipinski definition) is 2. The molecule has 32 heavy (non-hydrogen) atoms. The number of benzene rings is 1. The van der Waals surface area contributed by atoms with E-state index in [4.69, 9.17) is 39.5 Å². The highest BCUT2D eigenvalue weighted by molar-refractivity contribution is 6.68. The van der Waals surface area contributed by atoms with Gasteiger partial charge in [0.15, 0.2) is 0 Å². The van der Waals surface area contributed by atoms with E-state index in [9.17, 15) is 9.59 Å². The van der Waals surface area contributed by atoms with E-state index >= 15 is 0 Å². The van der Waals surface area contributed by atoms with Gasteiger partial charge in [0.2, 0.25) is 9.70 Å². The summed E-state index contributed by atoms with van der Waals surface area (Å²) in [6, 6.07) is 6.69. The van der Waals surface area contributed by atoms with Crippen molar-refractivity contribution >= 4 is 52.4 Å². The highest BCUT2D eigenvalue weighted by Crippen LogP contribution is 2.32. The van der Waals surface area contributed by atoms with Crippen LogP contribution in [0.4, 0.5) is 5.69 Å². The number of alkyl halides is 3. The molecule has 1 atom stereocenters. The van der Waals surface area contributed by atoms with Crippen molar-refractivity contribution < 1.29 is 14.3 Å². The van der Waals surface area contributed by atoms with Gasteiger partial charge in [0.25, 0.3) is 0 Å². The Balaban J connectivity index is 2.38. The predicted octanol–water partition coefficient (Wildman–Crippen LogP) is 7.40. The normalized spacial score (nSPS) is 12.3. The Labute approximate surface area is 207 Å². The summed E-state index contributed by atoms with van der Waals surface area (Å²) in [5.74, 6) is -0.733. The second kappa shape index (κ2) is 16.4. The minimum Gasteiger partial charge on any atom is -0.465 e. The van der Waals surface area contributed by atoms with E-state index in [1.807, 2.05) is 0 Å². The molecule has 8 heteroatoms. The molecule has 0 spiro atoms. The molecular formula is C24H37Cl3N2O3. The van der Waals surface area contributed by atoms with Crippen molar-refractivity contribution in [1.82, 2.24) is 5.32 Å². The number of anilines is 1. The molecule has 2 N–H and O–H groups in total. The van der Waals surface area contributed by atoms with Crippen LogP contribution in [0.5, 0.6) is 0 Å². The Morgan fingerprint density at radius 1 is 0.906 bits per heavy atom. The number of halogens is 3. The average molecular weight is 508 g/mol. The molecule has 5 nitrogen and oxygen atoms in total. The van der Waals surface area contributed by atoms with Crippen LogP contribution in [0.25, 0.3) is 0 Å². The summed E-state index contributed by atoms with van der Waals surface area (Å²) in [6.45, 7) is 2.23. The first kappa shape index (κ1) is 28.9. The number of para-hydroxylation sites is 1. The van der Waals surface area contributed by atoms with E-state index in [2.05, 4.69) is 17.6 Å². The highest BCUT2D eigenvalue weighted by Gasteiger charge is 2.34. The molecule has 1 aromatic rings. The van der Waals surface area contributed by atoms with Crippen LogP contribution in [0.1, 0.15) is 94.3 Å². The first-order valence-electron chi connectivity index (χ1n) is 11.6. The number of nitrogens with one attached hydrogen (secondary N) is 2. The van der Waals surface area contributed by atoms with Crippen molar-refractivity contribution in [1.29, 1.82) is 0 Å². The second-order valence-electron chi connectivity index (χ2n) is 8.01. The molecule has 182 valence electrons. The molecule has 0 heterocycles. The van der Waals surface area contributed by atoms with Crippen molar-refractivity contribution in [2.24, 2.45) is 0 Å². The standard InChI is InChI=1S/C24H37Cl3N2O3/c1-3-4-5-6-7-8-9-10-11-12-13-18-21(30)29-23(24(25,26)27)28-20-17-15-14-16-19(20)22(31)32-2/h14-17,23,28H,3-13,18H2,1-2H3,(H,29,30). The smallest absolute Gasteiger partial charge is 0.339 e. The van der Waals surface area contributed by atoms with Gasteiger partial charge >= 0.3 is 5.97 Å². The van der Waals surface area contributed by atoms with Gasteiger partial charge in [-0.25, -0.2) is 4.79 Å². The number of unbranched alkanes of at least 4 members (excludes halogenated alkanes) is 10. The van der Waals surface area contributed by atoms with Gasteiger partial charge in [0.1, 0.15) is 6.17 Å². The number of ether oxygens (including phenoxy) is 1. The van der Waals surface area contributed by atoms with Crippen LogP contribution in [-0.2, 0) is 9.53 Å². The predicted molar refractivity (Wildman–Crippen MR) is 135 cm³/mol. The molecule has 0 aliphatic carbocycles. The van der Waals surface area contributed by atoms with Gasteiger partial charge in [-0.3, -0.25) is 4.79 Å². The number of rotatable bonds is 16. The third-order valence-electron chi connectivity index (χ3n) is 5.27. The Kier molecular flexibility index (Phi) is 14.8. The third-order valence-corrected chi connectivity index (χ3v) is 5.93. The summed E-state index contributed by atoms with van der Waals surface area (Å²) >= 11 is 18.2. The topological polar surface area (TPSA) is 67.4 Å². The molecule has 0 aliphatic heterocycles. The zero-order valence-electron chi connectivity index (χ0n) is 19.2. The molecular weight excluding hydrogens is 471 g/mol. The molecule has 0 saturated carbocycles. The molecule has 1 unspecified atom stereocenters. The van der Waals surface area contributed by atoms with Gasteiger partial charge in [-0.15, -0.1) is 0 Å². The molecule has 0 aromatic heterocycles. The molecule has 0 saturated heterocycles. The Bertz CT molecular complexity index is 681. The zero-order valence-corrected chi connectivity index (χ0v) is 21.5. The van der Waals surface area contributed by atoms with Gasteiger partial charge in [0.05, 0.1) is 18.4 Å². The van der Waals surface area contributed by atoms with E-state index < -0.39 is 15.9 Å². The van der Waals surface area contributed by atoms with Crippen LogP contribution in [0.2, 0.25) is 0 Å². The summed E-state index contributed by atoms with van der Waals surface area (Å²) in [4.78, 5) is 24.4. The van der Waals surface area contributed by atoms with E-state index in [1.165, 1.54) is 58.5 Å². The van der Waals surface area contributed by atoms with Crippen molar-refractivity contribution in [3.63, 3.8) is 0 Å². The molecule has 1 aromatic carbocycles. The second-order valence-corrected chi connectivity index (χ2v) is 10.4. The number of amides is 1. The molecule has 0 bridgehead atoms. The molecule has 0 fully saturated rings. The highest BCUT2D eigenvalue weighted by atomic mass is 35.6. The fourth-order valence-corrected chi connectivity index (χ4v) is 3.76. The maximum Gasteiger partial charge on any atom is 0.339 e. The summed E-state index contributed by atoms with van der Waals surface area (Å²) in [5, 5.41) is 5.68. The zero-order chi connectivity index (χ0) is 23.8. The summed E-state index contributed by atoms with van der Waals surface area (Å²) in [6.07, 6.45) is 12.7. The summed E-state index contributed by atoms with van der Waals surface area (Å²) in [5.41, 5.74) is 0.694. The van der Waals surface area contributed by atoms with E-state index in [0.29, 0.717) is 12.1 Å². The molecule has 0 aliphatic rings. The van der Waals surface area contributed by atoms with Gasteiger partial charge in [-0.1, -0.05) is 118 Å². The number of hydrogen-bond acceptors (Lipinski definition) is 4. The minimum absolute atomic E-state index is 0.208. The van der Waals surface area contributed by atoms with Gasteiger partial charge in [-0.05, 0) is 18.6 Å². The van der Waals surface area contributed by atoms with Crippen LogP contribution in [-0.4, -0.2) is 28.9 Å². The number of carbonyl (C=O) groups excluding carboxylic acids is 2. The first-order chi connectivity index (χ1) is 15.3. The quantitative estimate of drug-likeness (QED) is 0.106. The molecule has 0 radical (unpaired) electrons. The fourth-order valence-electron chi connectivity index (χ4n) is 3.44. The van der Waals surface area contributed by atoms with Crippen molar-refractivity contribution in [2.45, 2.75) is 93.9 Å². The Morgan fingerprint density at radius 3 is 1.97 bits per heavy atom. The number of carbonyl (C=O) groups is 2. The van der Waals surface area contributed by atoms with Gasteiger partial charge < -0.3 is 15.4 Å². The van der Waals surface area contributed by atoms with Crippen LogP contribution < -0.4 is 10.6 Å². The van der Waals surface area contributed by atoms with Gasteiger partial charge in [0, 0.05) is 6.42 Å². The third kappa shape index (κ3) is 12.2. The van der Waals surface area contributed by atoms with E-state index in [0.717, 1.165) is 19.3 Å². The van der Waals surface area contributed by atoms with Crippen molar-refractivity contribution in [3.8, 4) is 0 Å². The molecule has 1 rings (SSSR count). The number of methoxy groups -OCH3 is 1. The monoisotopic (exact) mass is 506 g/mol.